The molecule has 0 spiro atoms. The third-order valence-electron chi connectivity index (χ3n) is 2.05. The molecular formula is C10H24O2Si. The summed E-state index contributed by atoms with van der Waals surface area (Å²) in [7, 11) is -1.79. The molecule has 0 fully saturated rings. The van der Waals surface area contributed by atoms with E-state index in [9.17, 15) is 0 Å². The lowest BCUT2D eigenvalue weighted by molar-refractivity contribution is 0.180. The van der Waals surface area contributed by atoms with Crippen molar-refractivity contribution in [1.29, 1.82) is 0 Å². The van der Waals surface area contributed by atoms with E-state index in [4.69, 9.17) is 8.85 Å². The van der Waals surface area contributed by atoms with Gasteiger partial charge in [-0.2, -0.15) is 0 Å². The van der Waals surface area contributed by atoms with Crippen molar-refractivity contribution in [2.75, 3.05) is 13.2 Å². The molecule has 0 aliphatic rings. The van der Waals surface area contributed by atoms with E-state index in [1.165, 1.54) is 12.8 Å². The van der Waals surface area contributed by atoms with Crippen LogP contribution in [0.25, 0.3) is 0 Å². The molecular weight excluding hydrogens is 180 g/mol. The average Bonchev–Trinajstić information content (AvgIpc) is 2.12. The van der Waals surface area contributed by atoms with Crippen LogP contribution in [0.2, 0.25) is 12.6 Å². The summed E-state index contributed by atoms with van der Waals surface area (Å²) >= 11 is 0. The molecule has 80 valence electrons. The Labute approximate surface area is 83.9 Å². The van der Waals surface area contributed by atoms with Gasteiger partial charge in [0.15, 0.2) is 0 Å². The van der Waals surface area contributed by atoms with Gasteiger partial charge in [0.05, 0.1) is 0 Å². The Hall–Kier alpha value is 0.137. The lowest BCUT2D eigenvalue weighted by Gasteiger charge is -2.26. The van der Waals surface area contributed by atoms with Crippen molar-refractivity contribution in [2.24, 2.45) is 0 Å². The second-order valence-electron chi connectivity index (χ2n) is 3.52. The first kappa shape index (κ1) is 13.1. The molecule has 0 rings (SSSR count). The van der Waals surface area contributed by atoms with Crippen molar-refractivity contribution >= 4 is 8.56 Å². The predicted octanol–water partition coefficient (Wildman–Crippen LogP) is 3.32. The molecule has 0 aliphatic heterocycles. The van der Waals surface area contributed by atoms with Gasteiger partial charge >= 0.3 is 8.56 Å². The van der Waals surface area contributed by atoms with Gasteiger partial charge in [-0.1, -0.05) is 26.7 Å². The van der Waals surface area contributed by atoms with Crippen molar-refractivity contribution < 1.29 is 8.85 Å². The quantitative estimate of drug-likeness (QED) is 0.565. The third kappa shape index (κ3) is 6.24. The van der Waals surface area contributed by atoms with Gasteiger partial charge in [-0.3, -0.25) is 0 Å². The molecule has 0 bridgehead atoms. The van der Waals surface area contributed by atoms with Crippen LogP contribution in [0.15, 0.2) is 0 Å². The lowest BCUT2D eigenvalue weighted by Crippen LogP contribution is -2.38. The molecule has 0 amide bonds. The molecule has 1 atom stereocenters. The van der Waals surface area contributed by atoms with Crippen LogP contribution < -0.4 is 0 Å². The van der Waals surface area contributed by atoms with Crippen LogP contribution in [0.3, 0.4) is 0 Å². The third-order valence-corrected chi connectivity index (χ3v) is 5.02. The fourth-order valence-electron chi connectivity index (χ4n) is 1.31. The number of hydrogen-bond acceptors (Lipinski definition) is 2. The molecule has 0 aromatic carbocycles. The molecule has 3 heteroatoms. The molecule has 0 aliphatic carbocycles. The van der Waals surface area contributed by atoms with Crippen molar-refractivity contribution in [1.82, 2.24) is 0 Å². The number of hydrogen-bond donors (Lipinski definition) is 0. The monoisotopic (exact) mass is 204 g/mol. The predicted molar refractivity (Wildman–Crippen MR) is 59.2 cm³/mol. The van der Waals surface area contributed by atoms with Crippen LogP contribution in [-0.4, -0.2) is 21.8 Å². The Kier molecular flexibility index (Phi) is 7.61. The summed E-state index contributed by atoms with van der Waals surface area (Å²) in [6.45, 7) is 10.2. The first-order valence-corrected chi connectivity index (χ1v) is 7.98. The SMILES string of the molecule is CCCC[Si](C)(OCC)OCCC. The van der Waals surface area contributed by atoms with Gasteiger partial charge < -0.3 is 8.85 Å². The van der Waals surface area contributed by atoms with E-state index in [2.05, 4.69) is 20.4 Å². The normalized spacial score (nSPS) is 15.7. The first-order chi connectivity index (χ1) is 6.18. The van der Waals surface area contributed by atoms with E-state index in [0.29, 0.717) is 0 Å². The number of unbranched alkanes of at least 4 members (excludes halogenated alkanes) is 1. The van der Waals surface area contributed by atoms with E-state index < -0.39 is 8.56 Å². The largest absolute Gasteiger partial charge is 0.395 e. The average molecular weight is 204 g/mol. The van der Waals surface area contributed by atoms with Crippen LogP contribution in [-0.2, 0) is 8.85 Å². The van der Waals surface area contributed by atoms with Gasteiger partial charge in [0.25, 0.3) is 0 Å². The summed E-state index contributed by atoms with van der Waals surface area (Å²) in [6.07, 6.45) is 3.54. The highest BCUT2D eigenvalue weighted by atomic mass is 28.4. The molecule has 13 heavy (non-hydrogen) atoms. The Morgan fingerprint density at radius 3 is 2.15 bits per heavy atom. The summed E-state index contributed by atoms with van der Waals surface area (Å²) < 4.78 is 11.6. The maximum atomic E-state index is 5.84. The van der Waals surface area contributed by atoms with Gasteiger partial charge in [-0.25, -0.2) is 0 Å². The molecule has 0 N–H and O–H groups in total. The van der Waals surface area contributed by atoms with Crippen molar-refractivity contribution in [2.45, 2.75) is 52.6 Å². The van der Waals surface area contributed by atoms with Crippen LogP contribution in [0.1, 0.15) is 40.0 Å². The van der Waals surface area contributed by atoms with Crippen molar-refractivity contribution in [3.8, 4) is 0 Å². The summed E-state index contributed by atoms with van der Waals surface area (Å²) in [5.74, 6) is 0. The van der Waals surface area contributed by atoms with E-state index >= 15 is 0 Å². The first-order valence-electron chi connectivity index (χ1n) is 5.46. The zero-order chi connectivity index (χ0) is 10.2. The Morgan fingerprint density at radius 2 is 1.69 bits per heavy atom. The molecule has 1 unspecified atom stereocenters. The summed E-state index contributed by atoms with van der Waals surface area (Å²) in [5.41, 5.74) is 0. The fourth-order valence-corrected chi connectivity index (χ4v) is 3.92. The maximum absolute atomic E-state index is 5.84. The topological polar surface area (TPSA) is 18.5 Å². The zero-order valence-corrected chi connectivity index (χ0v) is 10.6. The highest BCUT2D eigenvalue weighted by molar-refractivity contribution is 6.66. The molecule has 0 saturated heterocycles. The second kappa shape index (κ2) is 7.53. The lowest BCUT2D eigenvalue weighted by atomic mass is 10.4. The highest BCUT2D eigenvalue weighted by Crippen LogP contribution is 2.17. The summed E-state index contributed by atoms with van der Waals surface area (Å²) in [5, 5.41) is 0. The molecule has 0 radical (unpaired) electrons. The molecule has 0 saturated carbocycles. The van der Waals surface area contributed by atoms with Gasteiger partial charge in [0.1, 0.15) is 0 Å². The maximum Gasteiger partial charge on any atom is 0.334 e. The van der Waals surface area contributed by atoms with Crippen molar-refractivity contribution in [3.05, 3.63) is 0 Å². The molecule has 0 aromatic heterocycles. The van der Waals surface area contributed by atoms with Crippen molar-refractivity contribution in [3.63, 3.8) is 0 Å². The molecule has 2 nitrogen and oxygen atoms in total. The minimum atomic E-state index is -1.79. The summed E-state index contributed by atoms with van der Waals surface area (Å²) in [6, 6.07) is 1.14. The van der Waals surface area contributed by atoms with Gasteiger partial charge in [0.2, 0.25) is 0 Å². The Morgan fingerprint density at radius 1 is 1.00 bits per heavy atom. The van der Waals surface area contributed by atoms with Crippen LogP contribution in [0.5, 0.6) is 0 Å². The van der Waals surface area contributed by atoms with E-state index in [1.807, 2.05) is 6.92 Å². The fraction of sp³-hybridized carbons (Fsp3) is 1.00. The van der Waals surface area contributed by atoms with Crippen LogP contribution >= 0.6 is 0 Å². The van der Waals surface area contributed by atoms with E-state index in [0.717, 1.165) is 25.7 Å². The zero-order valence-electron chi connectivity index (χ0n) is 9.56. The van der Waals surface area contributed by atoms with Gasteiger partial charge in [-0.05, 0) is 25.9 Å². The minimum absolute atomic E-state index is 0.788. The van der Waals surface area contributed by atoms with E-state index in [-0.39, 0.29) is 0 Å². The van der Waals surface area contributed by atoms with Gasteiger partial charge in [-0.15, -0.1) is 0 Å². The van der Waals surface area contributed by atoms with Crippen LogP contribution in [0, 0.1) is 0 Å². The number of rotatable bonds is 8. The molecule has 0 aromatic rings. The smallest absolute Gasteiger partial charge is 0.334 e. The Bertz CT molecular complexity index is 109. The standard InChI is InChI=1S/C10H24O2Si/c1-5-8-10-13(4,11-7-3)12-9-6-2/h5-10H2,1-4H3. The summed E-state index contributed by atoms with van der Waals surface area (Å²) in [4.78, 5) is 0. The molecule has 0 heterocycles. The van der Waals surface area contributed by atoms with E-state index in [1.54, 1.807) is 0 Å². The van der Waals surface area contributed by atoms with Gasteiger partial charge in [0, 0.05) is 13.2 Å². The highest BCUT2D eigenvalue weighted by Gasteiger charge is 2.29. The van der Waals surface area contributed by atoms with Crippen LogP contribution in [0.4, 0.5) is 0 Å². The minimum Gasteiger partial charge on any atom is -0.395 e. The second-order valence-corrected chi connectivity index (χ2v) is 6.86. The Balaban J connectivity index is 3.84.